The second-order valence-electron chi connectivity index (χ2n) is 3.99. The Morgan fingerprint density at radius 1 is 1.39 bits per heavy atom. The second-order valence-corrected chi connectivity index (χ2v) is 3.99. The van der Waals surface area contributed by atoms with Gasteiger partial charge in [0.05, 0.1) is 12.9 Å². The predicted octanol–water partition coefficient (Wildman–Crippen LogP) is 0.612. The monoisotopic (exact) mass is 261 g/mol. The van der Waals surface area contributed by atoms with Crippen LogP contribution in [-0.2, 0) is 18.9 Å². The van der Waals surface area contributed by atoms with Crippen LogP contribution >= 0.6 is 0 Å². The summed E-state index contributed by atoms with van der Waals surface area (Å²) in [7, 11) is 4.68. The predicted molar refractivity (Wildman–Crippen MR) is 62.9 cm³/mol. The summed E-state index contributed by atoms with van der Waals surface area (Å²) in [4.78, 5) is 10.0. The summed E-state index contributed by atoms with van der Waals surface area (Å²) in [6, 6.07) is 0. The molecular formula is C11H19NO6. The molecule has 18 heavy (non-hydrogen) atoms. The highest BCUT2D eigenvalue weighted by atomic mass is 16.6. The third-order valence-electron chi connectivity index (χ3n) is 2.86. The standard InChI is InChI=1S/C11H19NO6/c1-15-7-9-11(17-3)10(16-2)8(6-18-9)4-5-12(13)14/h6,9-11H,4-5,7H2,1-3H3/t9-,10-,11-/m1/s1. The van der Waals surface area contributed by atoms with E-state index in [0.717, 1.165) is 5.57 Å². The molecule has 0 bridgehead atoms. The van der Waals surface area contributed by atoms with Gasteiger partial charge in [-0.25, -0.2) is 0 Å². The molecule has 0 aromatic heterocycles. The Bertz CT molecular complexity index is 306. The highest BCUT2D eigenvalue weighted by Crippen LogP contribution is 2.26. The molecule has 0 saturated carbocycles. The number of methoxy groups -OCH3 is 3. The Kier molecular flexibility index (Phi) is 6.03. The van der Waals surface area contributed by atoms with Crippen molar-refractivity contribution in [1.29, 1.82) is 0 Å². The molecule has 0 aliphatic carbocycles. The molecule has 0 amide bonds. The summed E-state index contributed by atoms with van der Waals surface area (Å²) >= 11 is 0. The quantitative estimate of drug-likeness (QED) is 0.493. The molecule has 0 unspecified atom stereocenters. The van der Waals surface area contributed by atoms with Crippen LogP contribution in [0.2, 0.25) is 0 Å². The number of nitro groups is 1. The van der Waals surface area contributed by atoms with E-state index < -0.39 is 0 Å². The maximum absolute atomic E-state index is 10.4. The van der Waals surface area contributed by atoms with Crippen molar-refractivity contribution in [1.82, 2.24) is 0 Å². The van der Waals surface area contributed by atoms with Crippen molar-refractivity contribution in [2.45, 2.75) is 24.7 Å². The molecule has 1 aliphatic rings. The molecule has 0 radical (unpaired) electrons. The first-order valence-corrected chi connectivity index (χ1v) is 5.64. The summed E-state index contributed by atoms with van der Waals surface area (Å²) in [5.41, 5.74) is 0.730. The van der Waals surface area contributed by atoms with E-state index >= 15 is 0 Å². The zero-order valence-electron chi connectivity index (χ0n) is 10.8. The molecule has 7 nitrogen and oxygen atoms in total. The minimum absolute atomic E-state index is 0.152. The Labute approximate surface area is 106 Å². The molecule has 0 fully saturated rings. The lowest BCUT2D eigenvalue weighted by Crippen LogP contribution is -2.47. The molecule has 0 aromatic carbocycles. The smallest absolute Gasteiger partial charge is 0.207 e. The van der Waals surface area contributed by atoms with Gasteiger partial charge in [0.25, 0.3) is 0 Å². The lowest BCUT2D eigenvalue weighted by molar-refractivity contribution is -0.479. The second kappa shape index (κ2) is 7.30. The van der Waals surface area contributed by atoms with Crippen molar-refractivity contribution in [3.8, 4) is 0 Å². The average Bonchev–Trinajstić information content (AvgIpc) is 2.36. The summed E-state index contributed by atoms with van der Waals surface area (Å²) in [6.07, 6.45) is 0.858. The fourth-order valence-electron chi connectivity index (χ4n) is 2.01. The van der Waals surface area contributed by atoms with Crippen molar-refractivity contribution in [2.75, 3.05) is 34.5 Å². The maximum Gasteiger partial charge on any atom is 0.207 e. The molecule has 1 heterocycles. The van der Waals surface area contributed by atoms with Crippen LogP contribution in [0.3, 0.4) is 0 Å². The highest BCUT2D eigenvalue weighted by Gasteiger charge is 2.37. The van der Waals surface area contributed by atoms with E-state index in [-0.39, 0.29) is 36.2 Å². The van der Waals surface area contributed by atoms with Crippen LogP contribution in [0, 0.1) is 10.1 Å². The van der Waals surface area contributed by atoms with Gasteiger partial charge in [-0.1, -0.05) is 0 Å². The molecule has 3 atom stereocenters. The first-order valence-electron chi connectivity index (χ1n) is 5.64. The molecule has 0 N–H and O–H groups in total. The maximum atomic E-state index is 10.4. The van der Waals surface area contributed by atoms with Gasteiger partial charge in [0, 0.05) is 38.2 Å². The van der Waals surface area contributed by atoms with Gasteiger partial charge in [-0.2, -0.15) is 0 Å². The fourth-order valence-corrected chi connectivity index (χ4v) is 2.01. The van der Waals surface area contributed by atoms with Gasteiger partial charge in [-0.3, -0.25) is 10.1 Å². The minimum Gasteiger partial charge on any atom is -0.493 e. The van der Waals surface area contributed by atoms with Crippen LogP contribution in [-0.4, -0.2) is 57.7 Å². The third-order valence-corrected chi connectivity index (χ3v) is 2.86. The van der Waals surface area contributed by atoms with Gasteiger partial charge >= 0.3 is 0 Å². The zero-order valence-corrected chi connectivity index (χ0v) is 10.8. The lowest BCUT2D eigenvalue weighted by Gasteiger charge is -2.35. The molecule has 104 valence electrons. The highest BCUT2D eigenvalue weighted by molar-refractivity contribution is 5.13. The third kappa shape index (κ3) is 3.66. The van der Waals surface area contributed by atoms with Crippen molar-refractivity contribution in [3.63, 3.8) is 0 Å². The largest absolute Gasteiger partial charge is 0.493 e. The summed E-state index contributed by atoms with van der Waals surface area (Å²) in [5, 5.41) is 10.4. The van der Waals surface area contributed by atoms with E-state index in [1.165, 1.54) is 6.26 Å². The van der Waals surface area contributed by atoms with Gasteiger partial charge in [0.1, 0.15) is 18.3 Å². The van der Waals surface area contributed by atoms with Crippen LogP contribution < -0.4 is 0 Å². The van der Waals surface area contributed by atoms with E-state index in [1.54, 1.807) is 21.3 Å². The summed E-state index contributed by atoms with van der Waals surface area (Å²) in [6.45, 7) is 0.220. The van der Waals surface area contributed by atoms with Crippen LogP contribution in [0.4, 0.5) is 0 Å². The first-order chi connectivity index (χ1) is 8.63. The van der Waals surface area contributed by atoms with Crippen LogP contribution in [0.25, 0.3) is 0 Å². The van der Waals surface area contributed by atoms with Crippen molar-refractivity contribution in [3.05, 3.63) is 21.9 Å². The molecule has 1 aliphatic heterocycles. The molecule has 0 aromatic rings. The SMILES string of the molecule is COC[C@H]1OC=C(CC[N+](=O)[O-])[C@@H](OC)[C@@H]1OC. The van der Waals surface area contributed by atoms with E-state index in [1.807, 2.05) is 0 Å². The average molecular weight is 261 g/mol. The number of hydrogen-bond donors (Lipinski definition) is 0. The lowest BCUT2D eigenvalue weighted by atomic mass is 9.96. The molecule has 1 rings (SSSR count). The van der Waals surface area contributed by atoms with Crippen LogP contribution in [0.1, 0.15) is 6.42 Å². The van der Waals surface area contributed by atoms with Gasteiger partial charge < -0.3 is 18.9 Å². The minimum atomic E-state index is -0.364. The molecule has 7 heteroatoms. The molecular weight excluding hydrogens is 242 g/mol. The zero-order chi connectivity index (χ0) is 13.5. The van der Waals surface area contributed by atoms with E-state index in [9.17, 15) is 10.1 Å². The molecule has 0 saturated heterocycles. The molecule has 0 spiro atoms. The van der Waals surface area contributed by atoms with Gasteiger partial charge in [-0.15, -0.1) is 0 Å². The topological polar surface area (TPSA) is 80.1 Å². The Balaban J connectivity index is 2.75. The van der Waals surface area contributed by atoms with Crippen molar-refractivity contribution >= 4 is 0 Å². The van der Waals surface area contributed by atoms with E-state index in [4.69, 9.17) is 18.9 Å². The van der Waals surface area contributed by atoms with E-state index in [2.05, 4.69) is 0 Å². The van der Waals surface area contributed by atoms with Gasteiger partial charge in [0.2, 0.25) is 6.54 Å². The Hall–Kier alpha value is -1.18. The summed E-state index contributed by atoms with van der Waals surface area (Å²) in [5.74, 6) is 0. The van der Waals surface area contributed by atoms with Crippen molar-refractivity contribution in [2.24, 2.45) is 0 Å². The van der Waals surface area contributed by atoms with Crippen LogP contribution in [0.5, 0.6) is 0 Å². The normalized spacial score (nSPS) is 27.5. The Morgan fingerprint density at radius 2 is 2.11 bits per heavy atom. The number of nitrogens with zero attached hydrogens (tertiary/aromatic N) is 1. The van der Waals surface area contributed by atoms with Crippen molar-refractivity contribution < 1.29 is 23.9 Å². The number of rotatable bonds is 7. The number of hydrogen-bond acceptors (Lipinski definition) is 6. The Morgan fingerprint density at radius 3 is 2.61 bits per heavy atom. The number of ether oxygens (including phenoxy) is 4. The van der Waals surface area contributed by atoms with Gasteiger partial charge in [-0.05, 0) is 0 Å². The van der Waals surface area contributed by atoms with Gasteiger partial charge in [0.15, 0.2) is 0 Å². The van der Waals surface area contributed by atoms with E-state index in [0.29, 0.717) is 6.61 Å². The van der Waals surface area contributed by atoms with Crippen LogP contribution in [0.15, 0.2) is 11.8 Å². The fraction of sp³-hybridized carbons (Fsp3) is 0.818. The summed E-state index contributed by atoms with van der Waals surface area (Å²) < 4.78 is 21.2. The first kappa shape index (κ1) is 14.9.